The number of hydrogen-bond acceptors (Lipinski definition) is 2. The van der Waals surface area contributed by atoms with Gasteiger partial charge in [0.25, 0.3) is 0 Å². The molecule has 78 valence electrons. The van der Waals surface area contributed by atoms with Crippen LogP contribution in [0.4, 0.5) is 0 Å². The Kier molecular flexibility index (Phi) is 4.19. The van der Waals surface area contributed by atoms with Crippen molar-refractivity contribution in [1.82, 2.24) is 4.31 Å². The van der Waals surface area contributed by atoms with Crippen molar-refractivity contribution in [2.45, 2.75) is 19.8 Å². The summed E-state index contributed by atoms with van der Waals surface area (Å²) >= 11 is 3.26. The Hall–Kier alpha value is 0.390. The zero-order valence-electron chi connectivity index (χ0n) is 7.87. The number of alkyl halides is 1. The van der Waals surface area contributed by atoms with E-state index < -0.39 is 10.0 Å². The molecule has 0 aromatic carbocycles. The van der Waals surface area contributed by atoms with Crippen molar-refractivity contribution in [1.29, 1.82) is 0 Å². The van der Waals surface area contributed by atoms with E-state index in [1.165, 1.54) is 0 Å². The van der Waals surface area contributed by atoms with Gasteiger partial charge in [0.05, 0.1) is 5.75 Å². The van der Waals surface area contributed by atoms with E-state index in [9.17, 15) is 8.42 Å². The lowest BCUT2D eigenvalue weighted by molar-refractivity contribution is 0.446. The third-order valence-electron chi connectivity index (χ3n) is 2.22. The van der Waals surface area contributed by atoms with E-state index >= 15 is 0 Å². The van der Waals surface area contributed by atoms with Crippen molar-refractivity contribution in [3.05, 3.63) is 0 Å². The third-order valence-corrected chi connectivity index (χ3v) is 4.70. The summed E-state index contributed by atoms with van der Waals surface area (Å²) in [6, 6.07) is 0. The molecule has 0 aromatic rings. The molecule has 0 N–H and O–H groups in total. The van der Waals surface area contributed by atoms with E-state index in [2.05, 4.69) is 15.9 Å². The minimum absolute atomic E-state index is 0.355. The monoisotopic (exact) mass is 269 g/mol. The van der Waals surface area contributed by atoms with Gasteiger partial charge in [-0.25, -0.2) is 12.7 Å². The zero-order valence-corrected chi connectivity index (χ0v) is 10.3. The number of halogens is 1. The summed E-state index contributed by atoms with van der Waals surface area (Å²) in [6.45, 7) is 3.05. The van der Waals surface area contributed by atoms with Gasteiger partial charge in [-0.1, -0.05) is 22.9 Å². The van der Waals surface area contributed by atoms with Gasteiger partial charge in [-0.05, 0) is 18.8 Å². The summed E-state index contributed by atoms with van der Waals surface area (Å²) in [5.74, 6) is 0.794. The first kappa shape index (κ1) is 11.5. The van der Waals surface area contributed by atoms with E-state index in [0.717, 1.165) is 12.8 Å². The zero-order chi connectivity index (χ0) is 9.90. The molecule has 0 heterocycles. The molecule has 1 aliphatic carbocycles. The molecule has 0 aromatic heterocycles. The molecular formula is C8H16BrNO2S. The number of sulfonamides is 1. The average molecular weight is 270 g/mol. The van der Waals surface area contributed by atoms with Crippen LogP contribution in [-0.4, -0.2) is 36.9 Å². The summed E-state index contributed by atoms with van der Waals surface area (Å²) < 4.78 is 25.0. The van der Waals surface area contributed by atoms with Gasteiger partial charge in [0, 0.05) is 18.4 Å². The molecule has 1 saturated carbocycles. The molecule has 1 aliphatic rings. The fraction of sp³-hybridized carbons (Fsp3) is 1.00. The van der Waals surface area contributed by atoms with E-state index in [0.29, 0.717) is 30.1 Å². The standard InChI is InChI=1S/C8H16BrNO2S/c1-2-10(6-5-9)13(11,12)7-8-3-4-8/h8H,2-7H2,1H3. The van der Waals surface area contributed by atoms with Crippen molar-refractivity contribution < 1.29 is 8.42 Å². The van der Waals surface area contributed by atoms with Crippen LogP contribution in [0.3, 0.4) is 0 Å². The highest BCUT2D eigenvalue weighted by atomic mass is 79.9. The van der Waals surface area contributed by atoms with Crippen molar-refractivity contribution in [2.75, 3.05) is 24.2 Å². The predicted molar refractivity (Wildman–Crippen MR) is 57.6 cm³/mol. The lowest BCUT2D eigenvalue weighted by Gasteiger charge is -2.18. The summed E-state index contributed by atoms with van der Waals surface area (Å²) in [6.07, 6.45) is 2.18. The lowest BCUT2D eigenvalue weighted by atomic mass is 10.5. The number of nitrogens with zero attached hydrogens (tertiary/aromatic N) is 1. The minimum Gasteiger partial charge on any atom is -0.212 e. The van der Waals surface area contributed by atoms with E-state index in [1.807, 2.05) is 6.92 Å². The van der Waals surface area contributed by atoms with Gasteiger partial charge < -0.3 is 0 Å². The Bertz CT molecular complexity index is 249. The Morgan fingerprint density at radius 3 is 2.46 bits per heavy atom. The molecule has 1 fully saturated rings. The highest BCUT2D eigenvalue weighted by molar-refractivity contribution is 9.09. The van der Waals surface area contributed by atoms with Gasteiger partial charge in [-0.3, -0.25) is 0 Å². The summed E-state index contributed by atoms with van der Waals surface area (Å²) in [7, 11) is -2.97. The van der Waals surface area contributed by atoms with E-state index in [4.69, 9.17) is 0 Å². The Labute approximate surface area is 88.7 Å². The average Bonchev–Trinajstić information content (AvgIpc) is 2.82. The van der Waals surface area contributed by atoms with Crippen LogP contribution in [0.15, 0.2) is 0 Å². The Morgan fingerprint density at radius 2 is 2.08 bits per heavy atom. The van der Waals surface area contributed by atoms with Crippen molar-refractivity contribution >= 4 is 26.0 Å². The van der Waals surface area contributed by atoms with Gasteiger partial charge >= 0.3 is 0 Å². The van der Waals surface area contributed by atoms with Crippen LogP contribution in [0.2, 0.25) is 0 Å². The smallest absolute Gasteiger partial charge is 0.212 e. The van der Waals surface area contributed by atoms with Crippen LogP contribution >= 0.6 is 15.9 Å². The van der Waals surface area contributed by atoms with Crippen LogP contribution < -0.4 is 0 Å². The van der Waals surface area contributed by atoms with Crippen LogP contribution in [0.1, 0.15) is 19.8 Å². The first-order chi connectivity index (χ1) is 6.10. The Balaban J connectivity index is 2.52. The molecule has 5 heteroatoms. The van der Waals surface area contributed by atoms with Gasteiger partial charge in [0.1, 0.15) is 0 Å². The van der Waals surface area contributed by atoms with Crippen LogP contribution in [-0.2, 0) is 10.0 Å². The quantitative estimate of drug-likeness (QED) is 0.685. The first-order valence-corrected chi connectivity index (χ1v) is 7.37. The van der Waals surface area contributed by atoms with Crippen molar-refractivity contribution in [3.63, 3.8) is 0 Å². The molecule has 0 aliphatic heterocycles. The van der Waals surface area contributed by atoms with Crippen molar-refractivity contribution in [2.24, 2.45) is 5.92 Å². The second-order valence-electron chi connectivity index (χ2n) is 3.40. The molecule has 0 amide bonds. The summed E-state index contributed by atoms with van der Waals surface area (Å²) in [5.41, 5.74) is 0. The predicted octanol–water partition coefficient (Wildman–Crippen LogP) is 1.44. The fourth-order valence-electron chi connectivity index (χ4n) is 1.28. The van der Waals surface area contributed by atoms with Crippen LogP contribution in [0.5, 0.6) is 0 Å². The second-order valence-corrected chi connectivity index (χ2v) is 6.21. The third kappa shape index (κ3) is 3.56. The molecule has 13 heavy (non-hydrogen) atoms. The molecule has 0 saturated heterocycles. The Morgan fingerprint density at radius 1 is 1.46 bits per heavy atom. The summed E-state index contributed by atoms with van der Waals surface area (Å²) in [4.78, 5) is 0. The van der Waals surface area contributed by atoms with E-state index in [-0.39, 0.29) is 0 Å². The van der Waals surface area contributed by atoms with Gasteiger partial charge in [-0.2, -0.15) is 0 Å². The second kappa shape index (κ2) is 4.75. The van der Waals surface area contributed by atoms with Crippen LogP contribution in [0.25, 0.3) is 0 Å². The number of rotatable bonds is 6. The van der Waals surface area contributed by atoms with Gasteiger partial charge in [0.15, 0.2) is 0 Å². The number of hydrogen-bond donors (Lipinski definition) is 0. The maximum Gasteiger partial charge on any atom is 0.214 e. The molecule has 3 nitrogen and oxygen atoms in total. The van der Waals surface area contributed by atoms with Gasteiger partial charge in [-0.15, -0.1) is 0 Å². The summed E-state index contributed by atoms with van der Waals surface area (Å²) in [5, 5.41) is 0.713. The SMILES string of the molecule is CCN(CCBr)S(=O)(=O)CC1CC1. The minimum atomic E-state index is -2.97. The lowest BCUT2D eigenvalue weighted by Crippen LogP contribution is -2.34. The first-order valence-electron chi connectivity index (χ1n) is 4.64. The molecule has 0 radical (unpaired) electrons. The van der Waals surface area contributed by atoms with Crippen molar-refractivity contribution in [3.8, 4) is 0 Å². The largest absolute Gasteiger partial charge is 0.214 e. The fourth-order valence-corrected chi connectivity index (χ4v) is 3.84. The maximum atomic E-state index is 11.7. The van der Waals surface area contributed by atoms with Crippen LogP contribution in [0, 0.1) is 5.92 Å². The molecule has 0 atom stereocenters. The highest BCUT2D eigenvalue weighted by Crippen LogP contribution is 2.31. The topological polar surface area (TPSA) is 37.4 Å². The maximum absolute atomic E-state index is 11.7. The molecule has 1 rings (SSSR count). The molecule has 0 spiro atoms. The molecule has 0 unspecified atom stereocenters. The normalized spacial score (nSPS) is 18.1. The highest BCUT2D eigenvalue weighted by Gasteiger charge is 2.30. The molecular weight excluding hydrogens is 254 g/mol. The van der Waals surface area contributed by atoms with E-state index in [1.54, 1.807) is 4.31 Å². The molecule has 0 bridgehead atoms. The van der Waals surface area contributed by atoms with Gasteiger partial charge in [0.2, 0.25) is 10.0 Å².